The van der Waals surface area contributed by atoms with Gasteiger partial charge in [-0.2, -0.15) is 4.31 Å². The molecule has 31 heavy (non-hydrogen) atoms. The van der Waals surface area contributed by atoms with Gasteiger partial charge in [0.2, 0.25) is 10.0 Å². The maximum atomic E-state index is 13.6. The van der Waals surface area contributed by atoms with Gasteiger partial charge in [0.05, 0.1) is 4.90 Å². The fourth-order valence-electron chi connectivity index (χ4n) is 3.30. The summed E-state index contributed by atoms with van der Waals surface area (Å²) in [5.74, 6) is -0.276. The molecule has 5 nitrogen and oxygen atoms in total. The maximum Gasteiger partial charge on any atom is 0.251 e. The molecule has 1 amide bonds. The summed E-state index contributed by atoms with van der Waals surface area (Å²) in [5.41, 5.74) is 2.89. The van der Waals surface area contributed by atoms with Gasteiger partial charge in [0.1, 0.15) is 0 Å². The molecule has 3 aromatic carbocycles. The van der Waals surface area contributed by atoms with Crippen LogP contribution in [0, 0.1) is 6.92 Å². The third-order valence-corrected chi connectivity index (χ3v) is 6.70. The molecular formula is C25H28N2O3S. The molecule has 0 aliphatic rings. The Bertz CT molecular complexity index is 1090. The number of nitrogens with zero attached hydrogens (tertiary/aromatic N) is 1. The predicted molar refractivity (Wildman–Crippen MR) is 123 cm³/mol. The number of rotatable bonds is 8. The molecule has 3 aromatic rings. The molecule has 3 rings (SSSR count). The van der Waals surface area contributed by atoms with Crippen LogP contribution in [0.25, 0.3) is 0 Å². The van der Waals surface area contributed by atoms with Crippen molar-refractivity contribution in [2.24, 2.45) is 0 Å². The number of nitrogens with one attached hydrogen (secondary N) is 1. The molecule has 0 radical (unpaired) electrons. The third-order valence-electron chi connectivity index (χ3n) is 4.91. The highest BCUT2D eigenvalue weighted by atomic mass is 32.2. The molecule has 0 atom stereocenters. The minimum absolute atomic E-state index is 0.0418. The van der Waals surface area contributed by atoms with E-state index in [0.29, 0.717) is 5.56 Å². The van der Waals surface area contributed by atoms with E-state index >= 15 is 0 Å². The van der Waals surface area contributed by atoms with Gasteiger partial charge in [-0.1, -0.05) is 66.7 Å². The van der Waals surface area contributed by atoms with Crippen LogP contribution in [-0.2, 0) is 23.1 Å². The van der Waals surface area contributed by atoms with E-state index in [9.17, 15) is 13.2 Å². The molecule has 0 aromatic heterocycles. The number of amides is 1. The lowest BCUT2D eigenvalue weighted by atomic mass is 10.1. The molecule has 162 valence electrons. The average molecular weight is 437 g/mol. The lowest BCUT2D eigenvalue weighted by Gasteiger charge is -2.23. The average Bonchev–Trinajstić information content (AvgIpc) is 2.74. The molecule has 0 spiro atoms. The van der Waals surface area contributed by atoms with Crippen molar-refractivity contribution in [1.29, 1.82) is 0 Å². The van der Waals surface area contributed by atoms with Gasteiger partial charge in [-0.25, -0.2) is 8.42 Å². The molecule has 0 fully saturated rings. The standard InChI is InChI=1S/C25H28N2O3S/c1-19(2)26-25(28)24-16-23(15-14-20(24)3)31(29,30)27(17-21-10-6-4-7-11-21)18-22-12-8-5-9-13-22/h4-16,19H,17-18H2,1-3H3,(H,26,28). The Balaban J connectivity index is 2.00. The first-order chi connectivity index (χ1) is 14.8. The number of carbonyl (C=O) groups excluding carboxylic acids is 1. The number of benzene rings is 3. The second-order valence-corrected chi connectivity index (χ2v) is 9.79. The van der Waals surface area contributed by atoms with E-state index < -0.39 is 10.0 Å². The Hall–Kier alpha value is -2.96. The molecular weight excluding hydrogens is 408 g/mol. The summed E-state index contributed by atoms with van der Waals surface area (Å²) in [7, 11) is -3.85. The zero-order chi connectivity index (χ0) is 22.4. The maximum absolute atomic E-state index is 13.6. The summed E-state index contributed by atoms with van der Waals surface area (Å²) in [6, 6.07) is 23.7. The summed E-state index contributed by atoms with van der Waals surface area (Å²) in [6.45, 7) is 6.01. The molecule has 0 saturated heterocycles. The predicted octanol–water partition coefficient (Wildman–Crippen LogP) is 4.52. The zero-order valence-corrected chi connectivity index (χ0v) is 18.9. The smallest absolute Gasteiger partial charge is 0.251 e. The summed E-state index contributed by atoms with van der Waals surface area (Å²) < 4.78 is 28.7. The summed E-state index contributed by atoms with van der Waals surface area (Å²) in [5, 5.41) is 2.84. The Morgan fingerprint density at radius 2 is 1.39 bits per heavy atom. The molecule has 0 aliphatic heterocycles. The van der Waals surface area contributed by atoms with Crippen molar-refractivity contribution >= 4 is 15.9 Å². The van der Waals surface area contributed by atoms with E-state index in [1.807, 2.05) is 74.5 Å². The van der Waals surface area contributed by atoms with Gasteiger partial charge in [-0.05, 0) is 49.6 Å². The number of carbonyl (C=O) groups is 1. The highest BCUT2D eigenvalue weighted by Crippen LogP contribution is 2.23. The van der Waals surface area contributed by atoms with Crippen LogP contribution >= 0.6 is 0 Å². The van der Waals surface area contributed by atoms with Gasteiger partial charge in [-0.3, -0.25) is 4.79 Å². The summed E-state index contributed by atoms with van der Waals surface area (Å²) >= 11 is 0. The quantitative estimate of drug-likeness (QED) is 0.564. The first-order valence-corrected chi connectivity index (χ1v) is 11.7. The van der Waals surface area contributed by atoms with Crippen LogP contribution in [-0.4, -0.2) is 24.7 Å². The minimum atomic E-state index is -3.85. The normalized spacial score (nSPS) is 11.6. The Morgan fingerprint density at radius 1 is 0.871 bits per heavy atom. The zero-order valence-electron chi connectivity index (χ0n) is 18.1. The lowest BCUT2D eigenvalue weighted by molar-refractivity contribution is 0.0942. The Kier molecular flexibility index (Phi) is 7.25. The van der Waals surface area contributed by atoms with Crippen LogP contribution in [0.15, 0.2) is 83.8 Å². The number of aryl methyl sites for hydroxylation is 1. The van der Waals surface area contributed by atoms with Crippen LogP contribution in [0.1, 0.15) is 40.9 Å². The van der Waals surface area contributed by atoms with E-state index in [1.165, 1.54) is 10.4 Å². The summed E-state index contributed by atoms with van der Waals surface area (Å²) in [4.78, 5) is 12.7. The van der Waals surface area contributed by atoms with Gasteiger partial charge in [-0.15, -0.1) is 0 Å². The second-order valence-electron chi connectivity index (χ2n) is 7.85. The largest absolute Gasteiger partial charge is 0.350 e. The molecule has 1 N–H and O–H groups in total. The van der Waals surface area contributed by atoms with Crippen molar-refractivity contribution in [3.63, 3.8) is 0 Å². The molecule has 0 aliphatic carbocycles. The molecule has 0 bridgehead atoms. The lowest BCUT2D eigenvalue weighted by Crippen LogP contribution is -2.32. The second kappa shape index (κ2) is 9.90. The Labute approximate surface area is 184 Å². The van der Waals surface area contributed by atoms with E-state index in [2.05, 4.69) is 5.32 Å². The van der Waals surface area contributed by atoms with E-state index in [0.717, 1.165) is 16.7 Å². The van der Waals surface area contributed by atoms with Crippen LogP contribution in [0.2, 0.25) is 0 Å². The van der Waals surface area contributed by atoms with Crippen molar-refractivity contribution in [3.8, 4) is 0 Å². The first kappa shape index (κ1) is 22.7. The van der Waals surface area contributed by atoms with Crippen molar-refractivity contribution in [3.05, 3.63) is 101 Å². The topological polar surface area (TPSA) is 66.5 Å². The van der Waals surface area contributed by atoms with E-state index in [4.69, 9.17) is 0 Å². The van der Waals surface area contributed by atoms with Crippen molar-refractivity contribution in [2.75, 3.05) is 0 Å². The van der Waals surface area contributed by atoms with E-state index in [1.54, 1.807) is 19.1 Å². The SMILES string of the molecule is Cc1ccc(S(=O)(=O)N(Cc2ccccc2)Cc2ccccc2)cc1C(=O)NC(C)C. The van der Waals surface area contributed by atoms with Crippen LogP contribution < -0.4 is 5.32 Å². The number of hydrogen-bond acceptors (Lipinski definition) is 3. The number of sulfonamides is 1. The fraction of sp³-hybridized carbons (Fsp3) is 0.240. The fourth-order valence-corrected chi connectivity index (χ4v) is 4.74. The molecule has 0 heterocycles. The van der Waals surface area contributed by atoms with E-state index in [-0.39, 0.29) is 29.9 Å². The van der Waals surface area contributed by atoms with Crippen molar-refractivity contribution < 1.29 is 13.2 Å². The van der Waals surface area contributed by atoms with Gasteiger partial charge >= 0.3 is 0 Å². The molecule has 0 unspecified atom stereocenters. The highest BCUT2D eigenvalue weighted by molar-refractivity contribution is 7.89. The van der Waals surface area contributed by atoms with Gasteiger partial charge < -0.3 is 5.32 Å². The first-order valence-electron chi connectivity index (χ1n) is 10.3. The Morgan fingerprint density at radius 3 is 1.87 bits per heavy atom. The monoisotopic (exact) mass is 436 g/mol. The van der Waals surface area contributed by atoms with Crippen molar-refractivity contribution in [1.82, 2.24) is 9.62 Å². The van der Waals surface area contributed by atoms with Gasteiger partial charge in [0.15, 0.2) is 0 Å². The molecule has 0 saturated carbocycles. The van der Waals surface area contributed by atoms with Crippen LogP contribution in [0.5, 0.6) is 0 Å². The van der Waals surface area contributed by atoms with Gasteiger partial charge in [0, 0.05) is 24.7 Å². The molecule has 6 heteroatoms. The highest BCUT2D eigenvalue weighted by Gasteiger charge is 2.26. The summed E-state index contributed by atoms with van der Waals surface area (Å²) in [6.07, 6.45) is 0. The van der Waals surface area contributed by atoms with Crippen LogP contribution in [0.3, 0.4) is 0 Å². The minimum Gasteiger partial charge on any atom is -0.350 e. The van der Waals surface area contributed by atoms with Crippen LogP contribution in [0.4, 0.5) is 0 Å². The van der Waals surface area contributed by atoms with Crippen molar-refractivity contribution in [2.45, 2.75) is 44.8 Å². The third kappa shape index (κ3) is 5.81. The number of hydrogen-bond donors (Lipinski definition) is 1. The van der Waals surface area contributed by atoms with Gasteiger partial charge in [0.25, 0.3) is 5.91 Å².